The van der Waals surface area contributed by atoms with Crippen molar-refractivity contribution in [1.82, 2.24) is 0 Å². The summed E-state index contributed by atoms with van der Waals surface area (Å²) in [7, 11) is -0.479. The van der Waals surface area contributed by atoms with Crippen molar-refractivity contribution in [3.8, 4) is 0 Å². The maximum absolute atomic E-state index is 6.12. The molecule has 2 aromatic rings. The summed E-state index contributed by atoms with van der Waals surface area (Å²) in [6.45, 7) is 7.44. The molecule has 2 nitrogen and oxygen atoms in total. The summed E-state index contributed by atoms with van der Waals surface area (Å²) in [4.78, 5) is 5.00. The zero-order valence-corrected chi connectivity index (χ0v) is 24.1. The zero-order valence-electron chi connectivity index (χ0n) is 22.1. The van der Waals surface area contributed by atoms with E-state index in [0.717, 1.165) is 12.3 Å². The van der Waals surface area contributed by atoms with Crippen molar-refractivity contribution < 1.29 is 21.8 Å². The third-order valence-corrected chi connectivity index (χ3v) is 9.22. The molecule has 3 aliphatic rings. The molecule has 2 aromatic carbocycles. The molecule has 4 heteroatoms. The van der Waals surface area contributed by atoms with Crippen molar-refractivity contribution in [3.63, 3.8) is 0 Å². The summed E-state index contributed by atoms with van der Waals surface area (Å²) >= 11 is 0. The maximum atomic E-state index is 6.12. The predicted octanol–water partition coefficient (Wildman–Crippen LogP) is 7.68. The topological polar surface area (TPSA) is 21.6 Å². The standard InChI is InChI=1S/C24H28NOP.C5H8.2CH3.Fe/c1-24(2,3)22-17-26-23(25-22)20-15-10-16-21(20)27(18-11-6-4-7-12-18)19-13-8-5-9-14-19;1-2-4-5-3-1;;;/h4-9,11-15,21-22H,10,16-17H2,1-3H3;1-2H,3-5H2;2*1H3;/q;;2*-1;+2/t21?,22-;;;;/m0..../s1. The van der Waals surface area contributed by atoms with Crippen molar-refractivity contribution >= 4 is 24.4 Å². The van der Waals surface area contributed by atoms with Gasteiger partial charge >= 0.3 is 17.1 Å². The second-order valence-corrected chi connectivity index (χ2v) is 12.2. The van der Waals surface area contributed by atoms with Gasteiger partial charge in [0.05, 0.1) is 6.04 Å². The Hall–Kier alpha value is -1.66. The molecule has 190 valence electrons. The van der Waals surface area contributed by atoms with Gasteiger partial charge in [0.1, 0.15) is 6.61 Å². The first-order chi connectivity index (χ1) is 15.5. The molecule has 5 rings (SSSR count). The van der Waals surface area contributed by atoms with E-state index in [1.807, 2.05) is 0 Å². The third-order valence-electron chi connectivity index (χ3n) is 6.35. The van der Waals surface area contributed by atoms with Gasteiger partial charge in [0.25, 0.3) is 0 Å². The minimum atomic E-state index is -0.479. The van der Waals surface area contributed by atoms with Gasteiger partial charge in [-0.2, -0.15) is 0 Å². The van der Waals surface area contributed by atoms with E-state index in [-0.39, 0.29) is 43.4 Å². The van der Waals surface area contributed by atoms with Crippen LogP contribution in [-0.2, 0) is 21.8 Å². The number of hydrogen-bond donors (Lipinski definition) is 0. The van der Waals surface area contributed by atoms with E-state index in [4.69, 9.17) is 9.73 Å². The van der Waals surface area contributed by atoms with Gasteiger partial charge in [0.2, 0.25) is 5.90 Å². The van der Waals surface area contributed by atoms with Crippen LogP contribution < -0.4 is 10.6 Å². The Balaban J connectivity index is 0.000000685. The number of ether oxygens (including phenoxy) is 1. The van der Waals surface area contributed by atoms with E-state index < -0.39 is 7.92 Å². The quantitative estimate of drug-likeness (QED) is 0.172. The van der Waals surface area contributed by atoms with E-state index in [0.29, 0.717) is 12.3 Å². The van der Waals surface area contributed by atoms with Crippen molar-refractivity contribution in [2.75, 3.05) is 6.61 Å². The van der Waals surface area contributed by atoms with Gasteiger partial charge in [-0.3, -0.25) is 0 Å². The Morgan fingerprint density at radius 1 is 0.829 bits per heavy atom. The van der Waals surface area contributed by atoms with Gasteiger partial charge < -0.3 is 19.6 Å². The van der Waals surface area contributed by atoms with Gasteiger partial charge in [0.15, 0.2) is 0 Å². The van der Waals surface area contributed by atoms with Crippen molar-refractivity contribution in [1.29, 1.82) is 0 Å². The Morgan fingerprint density at radius 2 is 1.37 bits per heavy atom. The molecule has 0 radical (unpaired) electrons. The van der Waals surface area contributed by atoms with E-state index >= 15 is 0 Å². The molecular formula is C31H42FeNOP. The SMILES string of the molecule is C1=CCCC1.CC(C)(C)[C@@H]1COC(C2=CCCC2P(c2ccccc2)c2ccccc2)=N1.[CH3-].[CH3-].[Fe+2]. The van der Waals surface area contributed by atoms with Crippen LogP contribution >= 0.6 is 7.92 Å². The first-order valence-corrected chi connectivity index (χ1v) is 13.4. The second-order valence-electron chi connectivity index (χ2n) is 9.82. The Bertz CT molecular complexity index is 917. The maximum Gasteiger partial charge on any atom is 2.00 e. The average molecular weight is 532 g/mol. The summed E-state index contributed by atoms with van der Waals surface area (Å²) in [6, 6.07) is 22.2. The van der Waals surface area contributed by atoms with Crippen LogP contribution in [0.1, 0.15) is 52.9 Å². The van der Waals surface area contributed by atoms with E-state index in [1.165, 1.54) is 41.9 Å². The van der Waals surface area contributed by atoms with Crippen LogP contribution in [0.5, 0.6) is 0 Å². The summed E-state index contributed by atoms with van der Waals surface area (Å²) < 4.78 is 6.12. The van der Waals surface area contributed by atoms with Crippen LogP contribution in [0.4, 0.5) is 0 Å². The van der Waals surface area contributed by atoms with Crippen LogP contribution in [0.2, 0.25) is 0 Å². The Kier molecular flexibility index (Phi) is 13.3. The van der Waals surface area contributed by atoms with Crippen molar-refractivity contribution in [2.45, 2.75) is 64.6 Å². The first-order valence-electron chi connectivity index (χ1n) is 12.0. The monoisotopic (exact) mass is 531 g/mol. The van der Waals surface area contributed by atoms with Crippen LogP contribution in [0.15, 0.2) is 89.5 Å². The number of rotatable bonds is 4. The van der Waals surface area contributed by atoms with E-state index in [1.54, 1.807) is 0 Å². The number of aliphatic imine (C=N–C) groups is 1. The summed E-state index contributed by atoms with van der Waals surface area (Å²) in [5.41, 5.74) is 1.95. The molecule has 2 atom stereocenters. The summed E-state index contributed by atoms with van der Waals surface area (Å²) in [5, 5.41) is 2.87. The molecule has 1 unspecified atom stereocenters. The molecule has 0 saturated heterocycles. The third kappa shape index (κ3) is 8.18. The Labute approximate surface area is 226 Å². The number of allylic oxidation sites excluding steroid dienone is 3. The van der Waals surface area contributed by atoms with Crippen molar-refractivity contribution in [2.24, 2.45) is 10.4 Å². The van der Waals surface area contributed by atoms with Gasteiger partial charge in [-0.1, -0.05) is 99.7 Å². The fourth-order valence-corrected chi connectivity index (χ4v) is 7.34. The normalized spacial score (nSPS) is 20.3. The fourth-order valence-electron chi connectivity index (χ4n) is 4.44. The van der Waals surface area contributed by atoms with Gasteiger partial charge in [0, 0.05) is 11.2 Å². The number of hydrogen-bond acceptors (Lipinski definition) is 2. The Morgan fingerprint density at radius 3 is 1.80 bits per heavy atom. The molecule has 0 fully saturated rings. The molecule has 1 aliphatic heterocycles. The smallest absolute Gasteiger partial charge is 0.475 e. The van der Waals surface area contributed by atoms with Crippen LogP contribution in [0.3, 0.4) is 0 Å². The van der Waals surface area contributed by atoms with Gasteiger partial charge in [-0.05, 0) is 56.0 Å². The number of nitrogens with zero attached hydrogens (tertiary/aromatic N) is 1. The molecule has 0 amide bonds. The molecule has 35 heavy (non-hydrogen) atoms. The first kappa shape index (κ1) is 31.4. The van der Waals surface area contributed by atoms with Crippen LogP contribution in [0.25, 0.3) is 0 Å². The largest absolute Gasteiger partial charge is 2.00 e. The van der Waals surface area contributed by atoms with Crippen LogP contribution in [-0.4, -0.2) is 24.2 Å². The van der Waals surface area contributed by atoms with E-state index in [9.17, 15) is 0 Å². The molecule has 1 heterocycles. The number of benzene rings is 2. The zero-order chi connectivity index (χ0) is 22.4. The minimum Gasteiger partial charge on any atom is -0.475 e. The van der Waals surface area contributed by atoms with Gasteiger partial charge in [-0.15, -0.1) is 0 Å². The molecule has 0 N–H and O–H groups in total. The second kappa shape index (κ2) is 14.8. The van der Waals surface area contributed by atoms with E-state index in [2.05, 4.69) is 99.7 Å². The molecule has 0 aromatic heterocycles. The molecular weight excluding hydrogens is 489 g/mol. The predicted molar refractivity (Wildman–Crippen MR) is 153 cm³/mol. The summed E-state index contributed by atoms with van der Waals surface area (Å²) in [6.07, 6.45) is 13.2. The fraction of sp³-hybridized carbons (Fsp3) is 0.387. The van der Waals surface area contributed by atoms with Crippen LogP contribution in [0, 0.1) is 20.3 Å². The average Bonchev–Trinajstić information content (AvgIpc) is 3.58. The summed E-state index contributed by atoms with van der Waals surface area (Å²) in [5.74, 6) is 0.900. The van der Waals surface area contributed by atoms with Crippen molar-refractivity contribution in [3.05, 3.63) is 99.3 Å². The molecule has 0 spiro atoms. The van der Waals surface area contributed by atoms with Gasteiger partial charge in [-0.25, -0.2) is 4.99 Å². The minimum absolute atomic E-state index is 0. The molecule has 2 aliphatic carbocycles. The molecule has 0 saturated carbocycles. The molecule has 0 bridgehead atoms.